The summed E-state index contributed by atoms with van der Waals surface area (Å²) in [5.74, 6) is -0.894. The molecule has 3 aromatic rings. The standard InChI is InChI=1S/C24H25ClFN3O6S2/c1-35-12-3-11-28(37(33,34)21-9-10-22(25)23(14-21)29(31)32)17-24(30)27(16-20-4-2-13-36-20)15-18-5-7-19(26)8-6-18/h2,4-10,13-14H,3,11-12,15-17H2,1H3. The van der Waals surface area contributed by atoms with Crippen molar-refractivity contribution in [2.45, 2.75) is 24.4 Å². The second-order valence-electron chi connectivity index (χ2n) is 8.01. The Hall–Kier alpha value is -2.90. The minimum absolute atomic E-state index is 0.0538. The molecule has 37 heavy (non-hydrogen) atoms. The minimum atomic E-state index is -4.30. The van der Waals surface area contributed by atoms with Gasteiger partial charge in [-0.25, -0.2) is 12.8 Å². The zero-order chi connectivity index (χ0) is 27.0. The number of benzene rings is 2. The van der Waals surface area contributed by atoms with E-state index < -0.39 is 38.9 Å². The van der Waals surface area contributed by atoms with Crippen LogP contribution >= 0.6 is 22.9 Å². The number of ether oxygens (including phenoxy) is 1. The van der Waals surface area contributed by atoms with E-state index >= 15 is 0 Å². The van der Waals surface area contributed by atoms with E-state index in [1.807, 2.05) is 17.5 Å². The van der Waals surface area contributed by atoms with Gasteiger partial charge in [-0.2, -0.15) is 4.31 Å². The van der Waals surface area contributed by atoms with Gasteiger partial charge in [-0.05, 0) is 47.7 Å². The van der Waals surface area contributed by atoms with Gasteiger partial charge >= 0.3 is 0 Å². The van der Waals surface area contributed by atoms with Crippen LogP contribution < -0.4 is 0 Å². The van der Waals surface area contributed by atoms with Crippen LogP contribution in [-0.2, 0) is 32.6 Å². The first-order valence-corrected chi connectivity index (χ1v) is 13.8. The van der Waals surface area contributed by atoms with E-state index in [4.69, 9.17) is 16.3 Å². The molecule has 0 radical (unpaired) electrons. The maximum atomic E-state index is 13.5. The predicted octanol–water partition coefficient (Wildman–Crippen LogP) is 4.71. The normalized spacial score (nSPS) is 11.6. The number of methoxy groups -OCH3 is 1. The van der Waals surface area contributed by atoms with Crippen LogP contribution in [0, 0.1) is 15.9 Å². The van der Waals surface area contributed by atoms with Crippen LogP contribution in [0.25, 0.3) is 0 Å². The molecule has 0 aliphatic heterocycles. The monoisotopic (exact) mass is 569 g/mol. The number of carbonyl (C=O) groups excluding carboxylic acids is 1. The fourth-order valence-corrected chi connectivity index (χ4v) is 5.85. The highest BCUT2D eigenvalue weighted by Gasteiger charge is 2.30. The molecule has 0 aliphatic rings. The zero-order valence-corrected chi connectivity index (χ0v) is 22.3. The summed E-state index contributed by atoms with van der Waals surface area (Å²) in [5, 5.41) is 13.0. The van der Waals surface area contributed by atoms with Gasteiger partial charge in [0, 0.05) is 37.7 Å². The number of rotatable bonds is 13. The lowest BCUT2D eigenvalue weighted by atomic mass is 10.2. The van der Waals surface area contributed by atoms with E-state index in [-0.39, 0.29) is 36.2 Å². The number of sulfonamides is 1. The van der Waals surface area contributed by atoms with Crippen molar-refractivity contribution >= 4 is 44.6 Å². The molecule has 0 atom stereocenters. The second kappa shape index (κ2) is 13.1. The van der Waals surface area contributed by atoms with Gasteiger partial charge in [0.1, 0.15) is 10.8 Å². The Balaban J connectivity index is 1.91. The highest BCUT2D eigenvalue weighted by Crippen LogP contribution is 2.29. The molecule has 0 spiro atoms. The Kier molecular flexibility index (Phi) is 10.1. The van der Waals surface area contributed by atoms with Gasteiger partial charge < -0.3 is 9.64 Å². The molecule has 1 amide bonds. The van der Waals surface area contributed by atoms with Crippen LogP contribution in [0.15, 0.2) is 64.9 Å². The summed E-state index contributed by atoms with van der Waals surface area (Å²) >= 11 is 7.30. The molecule has 0 saturated carbocycles. The summed E-state index contributed by atoms with van der Waals surface area (Å²) in [7, 11) is -2.83. The SMILES string of the molecule is COCCCN(CC(=O)N(Cc1ccc(F)cc1)Cc1cccs1)S(=O)(=O)c1ccc(Cl)c([N+](=O)[O-])c1. The van der Waals surface area contributed by atoms with Gasteiger partial charge in [0.25, 0.3) is 5.69 Å². The van der Waals surface area contributed by atoms with E-state index in [0.717, 1.165) is 21.3 Å². The average Bonchev–Trinajstić information content (AvgIpc) is 3.37. The second-order valence-corrected chi connectivity index (χ2v) is 11.4. The molecule has 198 valence electrons. The van der Waals surface area contributed by atoms with Crippen LogP contribution in [0.3, 0.4) is 0 Å². The Morgan fingerprint density at radius 2 is 1.89 bits per heavy atom. The van der Waals surface area contributed by atoms with Crippen molar-refractivity contribution in [1.29, 1.82) is 0 Å². The van der Waals surface area contributed by atoms with Gasteiger partial charge in [0.05, 0.1) is 22.9 Å². The maximum Gasteiger partial charge on any atom is 0.289 e. The van der Waals surface area contributed by atoms with Gasteiger partial charge in [0.2, 0.25) is 15.9 Å². The number of nitro benzene ring substituents is 1. The van der Waals surface area contributed by atoms with Crippen LogP contribution in [0.5, 0.6) is 0 Å². The van der Waals surface area contributed by atoms with Crippen molar-refractivity contribution in [3.8, 4) is 0 Å². The average molecular weight is 570 g/mol. The number of thiophene rings is 1. The number of halogens is 2. The highest BCUT2D eigenvalue weighted by molar-refractivity contribution is 7.89. The van der Waals surface area contributed by atoms with Crippen LogP contribution in [0.2, 0.25) is 5.02 Å². The molecule has 3 rings (SSSR count). The van der Waals surface area contributed by atoms with Gasteiger partial charge in [0.15, 0.2) is 0 Å². The van der Waals surface area contributed by atoms with Crippen molar-refractivity contribution in [1.82, 2.24) is 9.21 Å². The third-order valence-electron chi connectivity index (χ3n) is 5.39. The van der Waals surface area contributed by atoms with Gasteiger partial charge in [-0.1, -0.05) is 29.8 Å². The summed E-state index contributed by atoms with van der Waals surface area (Å²) < 4.78 is 46.4. The quantitative estimate of drug-likeness (QED) is 0.168. The number of amides is 1. The number of carbonyl (C=O) groups is 1. The fraction of sp³-hybridized carbons (Fsp3) is 0.292. The zero-order valence-electron chi connectivity index (χ0n) is 19.9. The van der Waals surface area contributed by atoms with E-state index in [2.05, 4.69) is 0 Å². The molecule has 2 aromatic carbocycles. The van der Waals surface area contributed by atoms with Gasteiger partial charge in [-0.3, -0.25) is 14.9 Å². The maximum absolute atomic E-state index is 13.5. The third-order valence-corrected chi connectivity index (χ3v) is 8.41. The molecule has 1 aromatic heterocycles. The number of nitrogens with zero attached hydrogens (tertiary/aromatic N) is 3. The van der Waals surface area contributed by atoms with E-state index in [9.17, 15) is 27.7 Å². The summed E-state index contributed by atoms with van der Waals surface area (Å²) in [6.45, 7) is 0.0495. The van der Waals surface area contributed by atoms with E-state index in [1.165, 1.54) is 41.5 Å². The lowest BCUT2D eigenvalue weighted by Crippen LogP contribution is -2.43. The molecule has 0 fully saturated rings. The summed E-state index contributed by atoms with van der Waals surface area (Å²) in [6, 6.07) is 12.6. The van der Waals surface area contributed by atoms with Crippen molar-refractivity contribution in [3.05, 3.63) is 91.4 Å². The van der Waals surface area contributed by atoms with Crippen molar-refractivity contribution in [3.63, 3.8) is 0 Å². The molecule has 0 saturated heterocycles. The van der Waals surface area contributed by atoms with Crippen LogP contribution in [0.4, 0.5) is 10.1 Å². The number of hydrogen-bond acceptors (Lipinski definition) is 7. The first kappa shape index (κ1) is 28.7. The number of hydrogen-bond donors (Lipinski definition) is 0. The Labute approximate surface area is 223 Å². The number of nitro groups is 1. The minimum Gasteiger partial charge on any atom is -0.385 e. The fourth-order valence-electron chi connectivity index (χ4n) is 3.50. The Morgan fingerprint density at radius 3 is 2.51 bits per heavy atom. The van der Waals surface area contributed by atoms with Crippen molar-refractivity contribution in [2.75, 3.05) is 26.8 Å². The highest BCUT2D eigenvalue weighted by atomic mass is 35.5. The molecule has 9 nitrogen and oxygen atoms in total. The summed E-state index contributed by atoms with van der Waals surface area (Å²) in [5.41, 5.74) is 0.120. The summed E-state index contributed by atoms with van der Waals surface area (Å²) in [6.07, 6.45) is 0.293. The molecule has 0 bridgehead atoms. The van der Waals surface area contributed by atoms with E-state index in [0.29, 0.717) is 12.0 Å². The molecular weight excluding hydrogens is 545 g/mol. The van der Waals surface area contributed by atoms with E-state index in [1.54, 1.807) is 12.1 Å². The Morgan fingerprint density at radius 1 is 1.16 bits per heavy atom. The van der Waals surface area contributed by atoms with Gasteiger partial charge in [-0.15, -0.1) is 11.3 Å². The molecule has 0 N–H and O–H groups in total. The first-order valence-electron chi connectivity index (χ1n) is 11.1. The lowest BCUT2D eigenvalue weighted by molar-refractivity contribution is -0.384. The molecule has 1 heterocycles. The molecule has 13 heteroatoms. The Bertz CT molecular complexity index is 1320. The van der Waals surface area contributed by atoms with Crippen molar-refractivity contribution < 1.29 is 27.3 Å². The lowest BCUT2D eigenvalue weighted by Gasteiger charge is -2.27. The predicted molar refractivity (Wildman–Crippen MR) is 138 cm³/mol. The van der Waals surface area contributed by atoms with Crippen molar-refractivity contribution in [2.24, 2.45) is 0 Å². The molecule has 0 unspecified atom stereocenters. The molecular formula is C24H25ClFN3O6S2. The van der Waals surface area contributed by atoms with Crippen LogP contribution in [-0.4, -0.2) is 55.3 Å². The topological polar surface area (TPSA) is 110 Å². The smallest absolute Gasteiger partial charge is 0.289 e. The molecule has 0 aliphatic carbocycles. The van der Waals surface area contributed by atoms with Crippen LogP contribution in [0.1, 0.15) is 16.9 Å². The summed E-state index contributed by atoms with van der Waals surface area (Å²) in [4.78, 5) is 26.0. The third kappa shape index (κ3) is 7.79. The first-order chi connectivity index (χ1) is 17.6. The largest absolute Gasteiger partial charge is 0.385 e.